The highest BCUT2D eigenvalue weighted by Crippen LogP contribution is 2.15. The maximum Gasteiger partial charge on any atom is 0.0897 e. The van der Waals surface area contributed by atoms with Crippen molar-refractivity contribution in [2.75, 3.05) is 40.3 Å². The Bertz CT molecular complexity index is 375. The van der Waals surface area contributed by atoms with Crippen LogP contribution in [0.4, 0.5) is 0 Å². The summed E-state index contributed by atoms with van der Waals surface area (Å²) in [6.07, 6.45) is 0.581. The van der Waals surface area contributed by atoms with Crippen molar-refractivity contribution in [1.82, 2.24) is 10.2 Å². The minimum Gasteiger partial charge on any atom is -0.389 e. The summed E-state index contributed by atoms with van der Waals surface area (Å²) in [6, 6.07) is 7.57. The van der Waals surface area contributed by atoms with E-state index in [0.717, 1.165) is 25.1 Å². The molecule has 1 unspecified atom stereocenters. The van der Waals surface area contributed by atoms with Gasteiger partial charge in [-0.2, -0.15) is 0 Å². The Balaban J connectivity index is 2.05. The molecule has 0 aromatic heterocycles. The van der Waals surface area contributed by atoms with E-state index in [4.69, 9.17) is 16.3 Å². The maximum atomic E-state index is 9.77. The fourth-order valence-electron chi connectivity index (χ4n) is 1.77. The average Bonchev–Trinajstić information content (AvgIpc) is 2.40. The van der Waals surface area contributed by atoms with Crippen molar-refractivity contribution >= 4 is 11.6 Å². The summed E-state index contributed by atoms with van der Waals surface area (Å²) in [6.45, 7) is 3.24. The zero-order valence-corrected chi connectivity index (χ0v) is 13.1. The highest BCUT2D eigenvalue weighted by molar-refractivity contribution is 6.31. The first-order chi connectivity index (χ1) is 9.59. The molecule has 0 aliphatic rings. The smallest absolute Gasteiger partial charge is 0.0897 e. The zero-order valence-electron chi connectivity index (χ0n) is 12.3. The number of aliphatic hydroxyl groups excluding tert-OH is 1. The molecule has 20 heavy (non-hydrogen) atoms. The van der Waals surface area contributed by atoms with Gasteiger partial charge in [0.2, 0.25) is 0 Å². The standard InChI is InChI=1S/C15H25ClN2O2/c1-18(2)9-5-8-17-10-14(19)12-20-11-13-6-3-4-7-15(13)16/h3-4,6-7,14,17,19H,5,8-12H2,1-2H3. The summed E-state index contributed by atoms with van der Waals surface area (Å²) in [5, 5.41) is 13.7. The number of nitrogens with one attached hydrogen (secondary N) is 1. The van der Waals surface area contributed by atoms with Crippen LogP contribution in [-0.4, -0.2) is 56.4 Å². The Morgan fingerprint density at radius 3 is 2.80 bits per heavy atom. The van der Waals surface area contributed by atoms with Crippen LogP contribution in [0.2, 0.25) is 5.02 Å². The first-order valence-electron chi connectivity index (χ1n) is 6.94. The van der Waals surface area contributed by atoms with Gasteiger partial charge in [-0.1, -0.05) is 29.8 Å². The molecule has 1 aromatic carbocycles. The van der Waals surface area contributed by atoms with E-state index in [1.165, 1.54) is 0 Å². The fourth-order valence-corrected chi connectivity index (χ4v) is 1.96. The predicted octanol–water partition coefficient (Wildman–Crippen LogP) is 1.76. The number of aliphatic hydroxyl groups is 1. The molecule has 0 saturated heterocycles. The molecule has 5 heteroatoms. The molecule has 0 bridgehead atoms. The molecular weight excluding hydrogens is 276 g/mol. The van der Waals surface area contributed by atoms with E-state index in [1.54, 1.807) is 0 Å². The van der Waals surface area contributed by atoms with E-state index in [0.29, 0.717) is 24.8 Å². The molecule has 0 aliphatic heterocycles. The molecule has 0 amide bonds. The van der Waals surface area contributed by atoms with E-state index in [-0.39, 0.29) is 0 Å². The van der Waals surface area contributed by atoms with E-state index in [9.17, 15) is 5.11 Å². The number of benzene rings is 1. The number of hydrogen-bond acceptors (Lipinski definition) is 4. The molecule has 0 radical (unpaired) electrons. The lowest BCUT2D eigenvalue weighted by molar-refractivity contribution is 0.0289. The summed E-state index contributed by atoms with van der Waals surface area (Å²) >= 11 is 6.02. The third-order valence-corrected chi connectivity index (χ3v) is 3.23. The van der Waals surface area contributed by atoms with E-state index in [1.807, 2.05) is 24.3 Å². The number of rotatable bonds is 10. The van der Waals surface area contributed by atoms with Gasteiger partial charge in [-0.25, -0.2) is 0 Å². The second-order valence-corrected chi connectivity index (χ2v) is 5.53. The molecule has 0 spiro atoms. The summed E-state index contributed by atoms with van der Waals surface area (Å²) in [7, 11) is 4.11. The number of halogens is 1. The van der Waals surface area contributed by atoms with Gasteiger partial charge in [0, 0.05) is 11.6 Å². The van der Waals surface area contributed by atoms with Gasteiger partial charge in [0.1, 0.15) is 0 Å². The predicted molar refractivity (Wildman–Crippen MR) is 83.2 cm³/mol. The lowest BCUT2D eigenvalue weighted by Gasteiger charge is -2.14. The third-order valence-electron chi connectivity index (χ3n) is 2.86. The van der Waals surface area contributed by atoms with E-state index >= 15 is 0 Å². The third kappa shape index (κ3) is 7.82. The van der Waals surface area contributed by atoms with Crippen molar-refractivity contribution in [2.24, 2.45) is 0 Å². The van der Waals surface area contributed by atoms with Crippen LogP contribution in [0.25, 0.3) is 0 Å². The van der Waals surface area contributed by atoms with Crippen molar-refractivity contribution < 1.29 is 9.84 Å². The molecule has 0 saturated carbocycles. The second-order valence-electron chi connectivity index (χ2n) is 5.12. The Morgan fingerprint density at radius 1 is 1.35 bits per heavy atom. The van der Waals surface area contributed by atoms with Gasteiger partial charge in [0.15, 0.2) is 0 Å². The van der Waals surface area contributed by atoms with Crippen LogP contribution in [-0.2, 0) is 11.3 Å². The minimum atomic E-state index is -0.489. The Morgan fingerprint density at radius 2 is 2.10 bits per heavy atom. The fraction of sp³-hybridized carbons (Fsp3) is 0.600. The quantitative estimate of drug-likeness (QED) is 0.646. The van der Waals surface area contributed by atoms with Crippen LogP contribution < -0.4 is 5.32 Å². The van der Waals surface area contributed by atoms with Crippen LogP contribution in [0.15, 0.2) is 24.3 Å². The molecule has 0 aliphatic carbocycles. The Labute approximate surface area is 126 Å². The van der Waals surface area contributed by atoms with Gasteiger partial charge < -0.3 is 20.1 Å². The van der Waals surface area contributed by atoms with Gasteiger partial charge in [-0.3, -0.25) is 0 Å². The second kappa shape index (κ2) is 10.1. The molecule has 1 rings (SSSR count). The molecule has 0 heterocycles. The van der Waals surface area contributed by atoms with Gasteiger partial charge in [0.25, 0.3) is 0 Å². The van der Waals surface area contributed by atoms with Crippen LogP contribution in [0.3, 0.4) is 0 Å². The van der Waals surface area contributed by atoms with Crippen molar-refractivity contribution in [3.63, 3.8) is 0 Å². The highest BCUT2D eigenvalue weighted by atomic mass is 35.5. The van der Waals surface area contributed by atoms with Crippen LogP contribution >= 0.6 is 11.6 Å². The van der Waals surface area contributed by atoms with Gasteiger partial charge in [0.05, 0.1) is 19.3 Å². The Kier molecular flexibility index (Phi) is 8.82. The normalized spacial score (nSPS) is 12.8. The van der Waals surface area contributed by atoms with E-state index < -0.39 is 6.10 Å². The van der Waals surface area contributed by atoms with Crippen molar-refractivity contribution in [3.05, 3.63) is 34.9 Å². The lowest BCUT2D eigenvalue weighted by atomic mass is 10.2. The maximum absolute atomic E-state index is 9.77. The van der Waals surface area contributed by atoms with Crippen molar-refractivity contribution in [1.29, 1.82) is 0 Å². The van der Waals surface area contributed by atoms with Crippen LogP contribution in [0.1, 0.15) is 12.0 Å². The lowest BCUT2D eigenvalue weighted by Crippen LogP contribution is -2.32. The molecule has 4 nitrogen and oxygen atoms in total. The van der Waals surface area contributed by atoms with Crippen LogP contribution in [0, 0.1) is 0 Å². The monoisotopic (exact) mass is 300 g/mol. The first kappa shape index (κ1) is 17.4. The number of hydrogen-bond donors (Lipinski definition) is 2. The Hall–Kier alpha value is -0.650. The highest BCUT2D eigenvalue weighted by Gasteiger charge is 2.05. The topological polar surface area (TPSA) is 44.7 Å². The first-order valence-corrected chi connectivity index (χ1v) is 7.32. The summed E-state index contributed by atoms with van der Waals surface area (Å²) < 4.78 is 5.47. The molecule has 1 atom stereocenters. The summed E-state index contributed by atoms with van der Waals surface area (Å²) in [4.78, 5) is 2.14. The van der Waals surface area contributed by atoms with Gasteiger partial charge >= 0.3 is 0 Å². The summed E-state index contributed by atoms with van der Waals surface area (Å²) in [5.74, 6) is 0. The molecule has 0 fully saturated rings. The molecule has 1 aromatic rings. The molecular formula is C15H25ClN2O2. The molecule has 114 valence electrons. The van der Waals surface area contributed by atoms with Gasteiger partial charge in [-0.05, 0) is 45.2 Å². The number of nitrogens with zero attached hydrogens (tertiary/aromatic N) is 1. The average molecular weight is 301 g/mol. The largest absolute Gasteiger partial charge is 0.389 e. The van der Waals surface area contributed by atoms with Gasteiger partial charge in [-0.15, -0.1) is 0 Å². The zero-order chi connectivity index (χ0) is 14.8. The van der Waals surface area contributed by atoms with Crippen molar-refractivity contribution in [3.8, 4) is 0 Å². The van der Waals surface area contributed by atoms with Crippen molar-refractivity contribution in [2.45, 2.75) is 19.1 Å². The minimum absolute atomic E-state index is 0.311. The molecule has 2 N–H and O–H groups in total. The van der Waals surface area contributed by atoms with E-state index in [2.05, 4.69) is 24.3 Å². The summed E-state index contributed by atoms with van der Waals surface area (Å²) in [5.41, 5.74) is 0.945. The van der Waals surface area contributed by atoms with Crippen LogP contribution in [0.5, 0.6) is 0 Å². The number of ether oxygens (including phenoxy) is 1. The SMILES string of the molecule is CN(C)CCCNCC(O)COCc1ccccc1Cl.